The van der Waals surface area contributed by atoms with Gasteiger partial charge >= 0.3 is 0 Å². The molecule has 3 rings (SSSR count). The van der Waals surface area contributed by atoms with Crippen molar-refractivity contribution in [1.29, 1.82) is 0 Å². The molecule has 1 atom stereocenters. The molecule has 7 nitrogen and oxygen atoms in total. The second-order valence-corrected chi connectivity index (χ2v) is 11.9. The fourth-order valence-corrected chi connectivity index (χ4v) is 5.77. The van der Waals surface area contributed by atoms with Gasteiger partial charge in [0.1, 0.15) is 12.6 Å². The Balaban J connectivity index is 1.83. The van der Waals surface area contributed by atoms with E-state index in [1.807, 2.05) is 30.3 Å². The fourth-order valence-electron chi connectivity index (χ4n) is 4.63. The van der Waals surface area contributed by atoms with E-state index in [9.17, 15) is 18.0 Å². The van der Waals surface area contributed by atoms with Crippen LogP contribution in [0.2, 0.25) is 5.02 Å². The molecule has 0 radical (unpaired) electrons. The molecule has 0 bridgehead atoms. The quantitative estimate of drug-likeness (QED) is 0.492. The maximum absolute atomic E-state index is 13.6. The minimum absolute atomic E-state index is 0.115. The number of hydrogen-bond donors (Lipinski definition) is 1. The summed E-state index contributed by atoms with van der Waals surface area (Å²) < 4.78 is 26.5. The minimum Gasteiger partial charge on any atom is -0.352 e. The molecule has 1 fully saturated rings. The zero-order chi connectivity index (χ0) is 26.3. The molecule has 0 aromatic heterocycles. The summed E-state index contributed by atoms with van der Waals surface area (Å²) in [4.78, 5) is 28.3. The number of benzene rings is 2. The summed E-state index contributed by atoms with van der Waals surface area (Å²) in [5.41, 5.74) is 2.06. The largest absolute Gasteiger partial charge is 0.352 e. The average Bonchev–Trinajstić information content (AvgIpc) is 2.83. The third-order valence-electron chi connectivity index (χ3n) is 6.71. The lowest BCUT2D eigenvalue weighted by molar-refractivity contribution is -0.139. The summed E-state index contributed by atoms with van der Waals surface area (Å²) in [7, 11) is -3.78. The van der Waals surface area contributed by atoms with Crippen LogP contribution in [0.15, 0.2) is 48.5 Å². The number of rotatable bonds is 10. The van der Waals surface area contributed by atoms with Crippen LogP contribution < -0.4 is 9.62 Å². The van der Waals surface area contributed by atoms with E-state index in [2.05, 4.69) is 5.32 Å². The second kappa shape index (κ2) is 12.6. The number of amides is 2. The van der Waals surface area contributed by atoms with E-state index in [-0.39, 0.29) is 11.9 Å². The van der Waals surface area contributed by atoms with E-state index in [4.69, 9.17) is 11.6 Å². The second-order valence-electron chi connectivity index (χ2n) is 9.54. The molecule has 2 aromatic carbocycles. The van der Waals surface area contributed by atoms with Gasteiger partial charge in [-0.3, -0.25) is 13.9 Å². The fraction of sp³-hybridized carbons (Fsp3) is 0.481. The van der Waals surface area contributed by atoms with Gasteiger partial charge in [-0.25, -0.2) is 8.42 Å². The molecule has 36 heavy (non-hydrogen) atoms. The molecule has 196 valence electrons. The molecule has 0 aliphatic heterocycles. The SMILES string of the molecule is Cc1cc(Cl)ccc1N(CC(=O)N(CCc1ccccc1)[C@@H](C)C(=O)NC1CCCCC1)S(C)(=O)=O. The third-order valence-corrected chi connectivity index (χ3v) is 8.07. The zero-order valence-corrected chi connectivity index (χ0v) is 22.8. The van der Waals surface area contributed by atoms with Gasteiger partial charge in [-0.1, -0.05) is 61.2 Å². The molecule has 0 unspecified atom stereocenters. The number of anilines is 1. The number of carbonyl (C=O) groups excluding carboxylic acids is 2. The van der Waals surface area contributed by atoms with Gasteiger partial charge in [0, 0.05) is 17.6 Å². The van der Waals surface area contributed by atoms with Crippen molar-refractivity contribution in [3.63, 3.8) is 0 Å². The smallest absolute Gasteiger partial charge is 0.244 e. The molecule has 2 aromatic rings. The highest BCUT2D eigenvalue weighted by molar-refractivity contribution is 7.92. The van der Waals surface area contributed by atoms with Crippen LogP contribution in [-0.2, 0) is 26.0 Å². The van der Waals surface area contributed by atoms with E-state index >= 15 is 0 Å². The highest BCUT2D eigenvalue weighted by atomic mass is 35.5. The number of nitrogens with zero attached hydrogens (tertiary/aromatic N) is 2. The van der Waals surface area contributed by atoms with Crippen molar-refractivity contribution in [3.8, 4) is 0 Å². The van der Waals surface area contributed by atoms with Gasteiger partial charge in [-0.15, -0.1) is 0 Å². The minimum atomic E-state index is -3.78. The summed E-state index contributed by atoms with van der Waals surface area (Å²) in [6.07, 6.45) is 6.84. The first-order valence-corrected chi connectivity index (χ1v) is 14.7. The Morgan fingerprint density at radius 3 is 2.36 bits per heavy atom. The van der Waals surface area contributed by atoms with Gasteiger partial charge in [0.05, 0.1) is 11.9 Å². The van der Waals surface area contributed by atoms with Crippen LogP contribution in [0.4, 0.5) is 5.69 Å². The average molecular weight is 534 g/mol. The van der Waals surface area contributed by atoms with Crippen LogP contribution in [-0.4, -0.2) is 56.6 Å². The molecule has 0 heterocycles. The lowest BCUT2D eigenvalue weighted by Gasteiger charge is -2.33. The van der Waals surface area contributed by atoms with Crippen LogP contribution in [0.3, 0.4) is 0 Å². The number of hydrogen-bond acceptors (Lipinski definition) is 4. The van der Waals surface area contributed by atoms with Crippen LogP contribution >= 0.6 is 11.6 Å². The van der Waals surface area contributed by atoms with Crippen LogP contribution in [0.25, 0.3) is 0 Å². The Kier molecular flexibility index (Phi) is 9.79. The van der Waals surface area contributed by atoms with Crippen molar-refractivity contribution < 1.29 is 18.0 Å². The van der Waals surface area contributed by atoms with Gasteiger partial charge in [0.2, 0.25) is 21.8 Å². The van der Waals surface area contributed by atoms with Gasteiger partial charge in [0.25, 0.3) is 0 Å². The van der Waals surface area contributed by atoms with E-state index in [0.29, 0.717) is 29.2 Å². The zero-order valence-electron chi connectivity index (χ0n) is 21.2. The first-order valence-electron chi connectivity index (χ1n) is 12.4. The van der Waals surface area contributed by atoms with Gasteiger partial charge in [0.15, 0.2) is 0 Å². The summed E-state index contributed by atoms with van der Waals surface area (Å²) in [6.45, 7) is 3.34. The van der Waals surface area contributed by atoms with Crippen LogP contribution in [0.5, 0.6) is 0 Å². The normalized spacial score (nSPS) is 15.2. The van der Waals surface area contributed by atoms with Crippen molar-refractivity contribution in [2.45, 2.75) is 64.5 Å². The molecule has 1 aliphatic carbocycles. The first-order chi connectivity index (χ1) is 17.1. The number of nitrogens with one attached hydrogen (secondary N) is 1. The third kappa shape index (κ3) is 7.71. The molecule has 1 saturated carbocycles. The number of halogens is 1. The van der Waals surface area contributed by atoms with Crippen molar-refractivity contribution in [1.82, 2.24) is 10.2 Å². The lowest BCUT2D eigenvalue weighted by atomic mass is 9.95. The maximum atomic E-state index is 13.6. The summed E-state index contributed by atoms with van der Waals surface area (Å²) >= 11 is 6.06. The molecular weight excluding hydrogens is 498 g/mol. The van der Waals surface area contributed by atoms with E-state index in [1.54, 1.807) is 32.0 Å². The predicted octanol–water partition coefficient (Wildman–Crippen LogP) is 4.32. The molecule has 9 heteroatoms. The van der Waals surface area contributed by atoms with Gasteiger partial charge < -0.3 is 10.2 Å². The number of aryl methyl sites for hydroxylation is 1. The van der Waals surface area contributed by atoms with Crippen molar-refractivity contribution in [2.75, 3.05) is 23.7 Å². The van der Waals surface area contributed by atoms with E-state index in [1.165, 1.54) is 11.3 Å². The number of sulfonamides is 1. The van der Waals surface area contributed by atoms with Gasteiger partial charge in [-0.05, 0) is 62.4 Å². The standard InChI is InChI=1S/C27H36ClN3O4S/c1-20-18-23(28)14-15-25(20)31(36(3,34)35)19-26(32)30(17-16-22-10-6-4-7-11-22)21(2)27(33)29-24-12-8-5-9-13-24/h4,6-7,10-11,14-15,18,21,24H,5,8-9,12-13,16-17,19H2,1-3H3,(H,29,33)/t21-/m0/s1. The predicted molar refractivity (Wildman–Crippen MR) is 145 cm³/mol. The lowest BCUT2D eigenvalue weighted by Crippen LogP contribution is -2.53. The Hall–Kier alpha value is -2.58. The van der Waals surface area contributed by atoms with E-state index in [0.717, 1.165) is 41.8 Å². The first kappa shape index (κ1) is 28.0. The Morgan fingerprint density at radius 1 is 1.08 bits per heavy atom. The number of carbonyl (C=O) groups is 2. The molecular formula is C27H36ClN3O4S. The molecule has 2 amide bonds. The summed E-state index contributed by atoms with van der Waals surface area (Å²) in [6, 6.07) is 13.9. The Labute approximate surface area is 219 Å². The Morgan fingerprint density at radius 2 is 1.75 bits per heavy atom. The monoisotopic (exact) mass is 533 g/mol. The van der Waals surface area contributed by atoms with Gasteiger partial charge in [-0.2, -0.15) is 0 Å². The molecule has 0 spiro atoms. The maximum Gasteiger partial charge on any atom is 0.244 e. The highest BCUT2D eigenvalue weighted by Gasteiger charge is 2.31. The molecule has 0 saturated heterocycles. The Bertz CT molecular complexity index is 1150. The van der Waals surface area contributed by atoms with Crippen LogP contribution in [0.1, 0.15) is 50.2 Å². The van der Waals surface area contributed by atoms with Crippen molar-refractivity contribution in [2.24, 2.45) is 0 Å². The summed E-state index contributed by atoms with van der Waals surface area (Å²) in [5, 5.41) is 3.58. The van der Waals surface area contributed by atoms with E-state index < -0.39 is 28.5 Å². The van der Waals surface area contributed by atoms with Crippen molar-refractivity contribution in [3.05, 3.63) is 64.7 Å². The summed E-state index contributed by atoms with van der Waals surface area (Å²) in [5.74, 6) is -0.645. The highest BCUT2D eigenvalue weighted by Crippen LogP contribution is 2.26. The van der Waals surface area contributed by atoms with Crippen LogP contribution in [0, 0.1) is 6.92 Å². The molecule has 1 N–H and O–H groups in total. The van der Waals surface area contributed by atoms with Crippen molar-refractivity contribution >= 4 is 39.1 Å². The topological polar surface area (TPSA) is 86.8 Å². The molecule has 1 aliphatic rings.